The molecule has 0 aromatic heterocycles. The Morgan fingerprint density at radius 3 is 2.25 bits per heavy atom. The molecule has 0 aliphatic heterocycles. The van der Waals surface area contributed by atoms with Crippen LogP contribution in [-0.4, -0.2) is 24.2 Å². The molecule has 2 unspecified atom stereocenters. The molecule has 0 aliphatic carbocycles. The van der Waals surface area contributed by atoms with Crippen molar-refractivity contribution in [2.75, 3.05) is 0 Å². The molecule has 1 nitrogen and oxygen atoms in total. The second kappa shape index (κ2) is 5.89. The molecule has 3 heteroatoms. The maximum Gasteiger partial charge on any atom is 0.0782 e. The van der Waals surface area contributed by atoms with Gasteiger partial charge in [-0.15, -0.1) is 11.8 Å². The summed E-state index contributed by atoms with van der Waals surface area (Å²) in [4.78, 5) is 1.29. The summed E-state index contributed by atoms with van der Waals surface area (Å²) in [6.07, 6.45) is 0.898. The van der Waals surface area contributed by atoms with Crippen molar-refractivity contribution in [1.82, 2.24) is 0 Å². The highest BCUT2D eigenvalue weighted by Crippen LogP contribution is 2.27. The summed E-state index contributed by atoms with van der Waals surface area (Å²) in [5.74, 6) is 0. The highest BCUT2D eigenvalue weighted by atomic mass is 32.2. The van der Waals surface area contributed by atoms with Gasteiger partial charge >= 0.3 is 0 Å². The van der Waals surface area contributed by atoms with E-state index in [1.54, 1.807) is 0 Å². The Hall–Kier alpha value is -0.253. The zero-order valence-electron chi connectivity index (χ0n) is 10.6. The lowest BCUT2D eigenvalue weighted by Gasteiger charge is -2.26. The first-order valence-electron chi connectivity index (χ1n) is 5.79. The lowest BCUT2D eigenvalue weighted by atomic mass is 10.3. The minimum absolute atomic E-state index is 0.0984. The quantitative estimate of drug-likeness (QED) is 0.637. The summed E-state index contributed by atoms with van der Waals surface area (Å²) in [7, 11) is -1.40. The summed E-state index contributed by atoms with van der Waals surface area (Å²) in [6, 6.07) is 10.4. The van der Waals surface area contributed by atoms with Crippen LogP contribution in [0.4, 0.5) is 0 Å². The molecule has 1 aromatic carbocycles. The molecule has 2 atom stereocenters. The van der Waals surface area contributed by atoms with Gasteiger partial charge in [0.05, 0.1) is 8.07 Å². The van der Waals surface area contributed by atoms with E-state index in [9.17, 15) is 5.11 Å². The predicted octanol–water partition coefficient (Wildman–Crippen LogP) is 3.80. The molecule has 0 aliphatic rings. The topological polar surface area (TPSA) is 20.2 Å². The SMILES string of the molecule is CC(CC(O)[Si](C)(C)C)Sc1ccccc1. The molecular formula is C13H22OSSi. The van der Waals surface area contributed by atoms with Crippen LogP contribution in [0.25, 0.3) is 0 Å². The molecule has 90 valence electrons. The molecule has 0 saturated heterocycles. The van der Waals surface area contributed by atoms with Crippen LogP contribution in [0.15, 0.2) is 35.2 Å². The number of rotatable bonds is 5. The summed E-state index contributed by atoms with van der Waals surface area (Å²) >= 11 is 1.85. The first-order valence-corrected chi connectivity index (χ1v) is 10.2. The maximum absolute atomic E-state index is 10.1. The minimum atomic E-state index is -1.40. The highest BCUT2D eigenvalue weighted by Gasteiger charge is 2.26. The Balaban J connectivity index is 2.45. The molecule has 0 heterocycles. The molecular weight excluding hydrogens is 232 g/mol. The van der Waals surface area contributed by atoms with Gasteiger partial charge in [0.1, 0.15) is 0 Å². The first kappa shape index (κ1) is 13.8. The van der Waals surface area contributed by atoms with Crippen LogP contribution in [0, 0.1) is 0 Å². The van der Waals surface area contributed by atoms with Crippen molar-refractivity contribution < 1.29 is 5.11 Å². The van der Waals surface area contributed by atoms with Gasteiger partial charge in [0.2, 0.25) is 0 Å². The van der Waals surface area contributed by atoms with Crippen molar-refractivity contribution >= 4 is 19.8 Å². The molecule has 0 amide bonds. The maximum atomic E-state index is 10.1. The fourth-order valence-electron chi connectivity index (χ4n) is 1.45. The largest absolute Gasteiger partial charge is 0.397 e. The molecule has 0 saturated carbocycles. The average molecular weight is 254 g/mol. The van der Waals surface area contributed by atoms with E-state index in [2.05, 4.69) is 50.8 Å². The van der Waals surface area contributed by atoms with Gasteiger partial charge in [-0.2, -0.15) is 0 Å². The number of hydrogen-bond donors (Lipinski definition) is 1. The first-order chi connectivity index (χ1) is 7.39. The Morgan fingerprint density at radius 2 is 1.75 bits per heavy atom. The third-order valence-corrected chi connectivity index (χ3v) is 6.01. The lowest BCUT2D eigenvalue weighted by molar-refractivity contribution is 0.234. The normalized spacial score (nSPS) is 15.8. The number of thioether (sulfide) groups is 1. The minimum Gasteiger partial charge on any atom is -0.397 e. The van der Waals surface area contributed by atoms with Crippen LogP contribution in [0.2, 0.25) is 19.6 Å². The van der Waals surface area contributed by atoms with Crippen molar-refractivity contribution in [2.45, 2.75) is 48.9 Å². The molecule has 1 N–H and O–H groups in total. The van der Waals surface area contributed by atoms with E-state index in [1.165, 1.54) is 4.90 Å². The van der Waals surface area contributed by atoms with Gasteiger partial charge in [0.15, 0.2) is 0 Å². The van der Waals surface area contributed by atoms with Crippen LogP contribution < -0.4 is 0 Å². The van der Waals surface area contributed by atoms with Crippen LogP contribution in [0.5, 0.6) is 0 Å². The molecule has 1 rings (SSSR count). The Labute approximate surface area is 104 Å². The van der Waals surface area contributed by atoms with Crippen LogP contribution in [0.1, 0.15) is 13.3 Å². The number of aliphatic hydroxyl groups is 1. The van der Waals surface area contributed by atoms with Crippen molar-refractivity contribution in [2.24, 2.45) is 0 Å². The summed E-state index contributed by atoms with van der Waals surface area (Å²) < 4.78 is 0. The molecule has 16 heavy (non-hydrogen) atoms. The molecule has 1 aromatic rings. The Morgan fingerprint density at radius 1 is 1.19 bits per heavy atom. The van der Waals surface area contributed by atoms with Gasteiger partial charge in [0, 0.05) is 15.9 Å². The molecule has 0 fully saturated rings. The third kappa shape index (κ3) is 4.72. The van der Waals surface area contributed by atoms with Gasteiger partial charge in [-0.1, -0.05) is 44.8 Å². The zero-order valence-corrected chi connectivity index (χ0v) is 12.4. The van der Waals surface area contributed by atoms with E-state index in [-0.39, 0.29) is 5.73 Å². The number of aliphatic hydroxyl groups excluding tert-OH is 1. The summed E-state index contributed by atoms with van der Waals surface area (Å²) in [5.41, 5.74) is -0.0984. The fourth-order valence-corrected chi connectivity index (χ4v) is 3.74. The van der Waals surface area contributed by atoms with E-state index in [4.69, 9.17) is 0 Å². The number of benzene rings is 1. The monoisotopic (exact) mass is 254 g/mol. The summed E-state index contributed by atoms with van der Waals surface area (Å²) in [6.45, 7) is 8.85. The van der Waals surface area contributed by atoms with E-state index in [1.807, 2.05) is 17.8 Å². The summed E-state index contributed by atoms with van der Waals surface area (Å²) in [5, 5.41) is 10.6. The van der Waals surface area contributed by atoms with Gasteiger partial charge in [-0.3, -0.25) is 0 Å². The van der Waals surface area contributed by atoms with Crippen molar-refractivity contribution in [3.05, 3.63) is 30.3 Å². The van der Waals surface area contributed by atoms with Gasteiger partial charge in [0.25, 0.3) is 0 Å². The van der Waals surface area contributed by atoms with Crippen LogP contribution in [-0.2, 0) is 0 Å². The van der Waals surface area contributed by atoms with Crippen molar-refractivity contribution in [3.8, 4) is 0 Å². The second-order valence-corrected chi connectivity index (χ2v) is 12.3. The smallest absolute Gasteiger partial charge is 0.0782 e. The Bertz CT molecular complexity index is 307. The number of hydrogen-bond acceptors (Lipinski definition) is 2. The average Bonchev–Trinajstić information content (AvgIpc) is 2.17. The fraction of sp³-hybridized carbons (Fsp3) is 0.538. The predicted molar refractivity (Wildman–Crippen MR) is 75.7 cm³/mol. The molecule has 0 radical (unpaired) electrons. The zero-order chi connectivity index (χ0) is 12.2. The second-order valence-electron chi connectivity index (χ2n) is 5.36. The lowest BCUT2D eigenvalue weighted by Crippen LogP contribution is -2.39. The molecule has 0 bridgehead atoms. The van der Waals surface area contributed by atoms with E-state index in [0.717, 1.165) is 6.42 Å². The van der Waals surface area contributed by atoms with Gasteiger partial charge in [-0.25, -0.2) is 0 Å². The highest BCUT2D eigenvalue weighted by molar-refractivity contribution is 7.99. The standard InChI is InChI=1S/C13H22OSSi/c1-11(10-13(14)16(2,3)4)15-12-8-6-5-7-9-12/h5-9,11,13-14H,10H2,1-4H3. The van der Waals surface area contributed by atoms with Crippen molar-refractivity contribution in [1.29, 1.82) is 0 Å². The van der Waals surface area contributed by atoms with Crippen LogP contribution >= 0.6 is 11.8 Å². The van der Waals surface area contributed by atoms with Crippen molar-refractivity contribution in [3.63, 3.8) is 0 Å². The van der Waals surface area contributed by atoms with E-state index >= 15 is 0 Å². The van der Waals surface area contributed by atoms with Crippen LogP contribution in [0.3, 0.4) is 0 Å². The Kier molecular flexibility index (Phi) is 5.09. The van der Waals surface area contributed by atoms with E-state index in [0.29, 0.717) is 5.25 Å². The van der Waals surface area contributed by atoms with E-state index < -0.39 is 8.07 Å². The van der Waals surface area contributed by atoms with Gasteiger partial charge < -0.3 is 5.11 Å². The van der Waals surface area contributed by atoms with Gasteiger partial charge in [-0.05, 0) is 18.6 Å². The molecule has 0 spiro atoms. The third-order valence-electron chi connectivity index (χ3n) is 2.64.